The summed E-state index contributed by atoms with van der Waals surface area (Å²) in [5.74, 6) is 0.00378. The van der Waals surface area contributed by atoms with Crippen molar-refractivity contribution in [1.29, 1.82) is 0 Å². The van der Waals surface area contributed by atoms with E-state index < -0.39 is 0 Å². The van der Waals surface area contributed by atoms with Crippen molar-refractivity contribution in [2.75, 3.05) is 6.54 Å². The Balaban J connectivity index is 1.95. The third-order valence-electron chi connectivity index (χ3n) is 2.80. The van der Waals surface area contributed by atoms with Crippen LogP contribution in [0.2, 0.25) is 0 Å². The van der Waals surface area contributed by atoms with Gasteiger partial charge in [-0.3, -0.25) is 4.79 Å². The molecule has 0 fully saturated rings. The van der Waals surface area contributed by atoms with Crippen LogP contribution in [0.3, 0.4) is 0 Å². The molecule has 4 nitrogen and oxygen atoms in total. The van der Waals surface area contributed by atoms with Gasteiger partial charge in [0, 0.05) is 5.92 Å². The quantitative estimate of drug-likeness (QED) is 0.865. The molecule has 0 aliphatic heterocycles. The topological polar surface area (TPSA) is 68.0 Å². The summed E-state index contributed by atoms with van der Waals surface area (Å²) < 4.78 is 1.15. The lowest BCUT2D eigenvalue weighted by Gasteiger charge is -2.09. The third kappa shape index (κ3) is 3.05. The number of amides is 1. The summed E-state index contributed by atoms with van der Waals surface area (Å²) in [5.41, 5.74) is 6.42. The maximum atomic E-state index is 11.7. The van der Waals surface area contributed by atoms with Crippen LogP contribution in [0, 0.1) is 5.92 Å². The van der Waals surface area contributed by atoms with Gasteiger partial charge in [-0.2, -0.15) is 0 Å². The Hall–Kier alpha value is -1.46. The number of nitrogens with two attached hydrogens (primary N) is 1. The summed E-state index contributed by atoms with van der Waals surface area (Å²) in [6.07, 6.45) is 0.714. The van der Waals surface area contributed by atoms with E-state index in [1.54, 1.807) is 11.3 Å². The number of thiazole rings is 1. The standard InChI is InChI=1S/C13H17N3OS/c1-9(6-7-14)13(17)15-8-12-16-10-4-2-3-5-11(10)18-12/h2-5,9H,6-8,14H2,1H3,(H,15,17). The average Bonchev–Trinajstić information content (AvgIpc) is 2.78. The van der Waals surface area contributed by atoms with Crippen LogP contribution >= 0.6 is 11.3 Å². The number of fused-ring (bicyclic) bond motifs is 1. The van der Waals surface area contributed by atoms with E-state index in [2.05, 4.69) is 10.3 Å². The highest BCUT2D eigenvalue weighted by atomic mass is 32.1. The van der Waals surface area contributed by atoms with Gasteiger partial charge in [0.05, 0.1) is 16.8 Å². The zero-order valence-corrected chi connectivity index (χ0v) is 11.2. The van der Waals surface area contributed by atoms with Crippen LogP contribution in [0.25, 0.3) is 10.2 Å². The molecule has 0 saturated heterocycles. The van der Waals surface area contributed by atoms with E-state index in [4.69, 9.17) is 5.73 Å². The van der Waals surface area contributed by atoms with E-state index in [9.17, 15) is 4.79 Å². The molecule has 0 spiro atoms. The molecular formula is C13H17N3OS. The number of rotatable bonds is 5. The van der Waals surface area contributed by atoms with Crippen LogP contribution < -0.4 is 11.1 Å². The van der Waals surface area contributed by atoms with Gasteiger partial charge in [-0.15, -0.1) is 11.3 Å². The SMILES string of the molecule is CC(CCN)C(=O)NCc1nc2ccccc2s1. The van der Waals surface area contributed by atoms with E-state index >= 15 is 0 Å². The first kappa shape index (κ1) is 13.0. The molecule has 1 amide bonds. The molecular weight excluding hydrogens is 246 g/mol. The molecule has 0 aliphatic carbocycles. The molecule has 0 radical (unpaired) electrons. The van der Waals surface area contributed by atoms with Gasteiger partial charge in [0.25, 0.3) is 0 Å². The van der Waals surface area contributed by atoms with Gasteiger partial charge < -0.3 is 11.1 Å². The van der Waals surface area contributed by atoms with Gasteiger partial charge in [-0.05, 0) is 25.1 Å². The van der Waals surface area contributed by atoms with Crippen molar-refractivity contribution in [3.8, 4) is 0 Å². The highest BCUT2D eigenvalue weighted by Gasteiger charge is 2.12. The number of hydrogen-bond acceptors (Lipinski definition) is 4. The van der Waals surface area contributed by atoms with Crippen LogP contribution in [0.5, 0.6) is 0 Å². The minimum atomic E-state index is -0.0376. The molecule has 1 heterocycles. The molecule has 1 aromatic carbocycles. The first-order valence-corrected chi connectivity index (χ1v) is 6.84. The molecule has 0 aliphatic rings. The second-order valence-corrected chi connectivity index (χ2v) is 5.39. The van der Waals surface area contributed by atoms with E-state index in [-0.39, 0.29) is 11.8 Å². The highest BCUT2D eigenvalue weighted by Crippen LogP contribution is 2.21. The number of hydrogen-bond donors (Lipinski definition) is 2. The van der Waals surface area contributed by atoms with E-state index in [1.807, 2.05) is 31.2 Å². The monoisotopic (exact) mass is 263 g/mol. The van der Waals surface area contributed by atoms with Gasteiger partial charge >= 0.3 is 0 Å². The Morgan fingerprint density at radius 1 is 1.50 bits per heavy atom. The van der Waals surface area contributed by atoms with Crippen molar-refractivity contribution in [3.63, 3.8) is 0 Å². The van der Waals surface area contributed by atoms with E-state index in [0.29, 0.717) is 19.5 Å². The number of nitrogens with zero attached hydrogens (tertiary/aromatic N) is 1. The van der Waals surface area contributed by atoms with Crippen LogP contribution in [-0.2, 0) is 11.3 Å². The summed E-state index contributed by atoms with van der Waals surface area (Å²) in [6, 6.07) is 7.98. The summed E-state index contributed by atoms with van der Waals surface area (Å²) in [6.45, 7) is 2.92. The second kappa shape index (κ2) is 5.93. The zero-order valence-electron chi connectivity index (χ0n) is 10.3. The van der Waals surface area contributed by atoms with E-state index in [1.165, 1.54) is 0 Å². The molecule has 5 heteroatoms. The first-order valence-electron chi connectivity index (χ1n) is 6.03. The van der Waals surface area contributed by atoms with Crippen molar-refractivity contribution in [2.45, 2.75) is 19.9 Å². The molecule has 96 valence electrons. The Labute approximate surface area is 110 Å². The molecule has 0 bridgehead atoms. The second-order valence-electron chi connectivity index (χ2n) is 4.27. The van der Waals surface area contributed by atoms with Gasteiger partial charge in [0.1, 0.15) is 5.01 Å². The highest BCUT2D eigenvalue weighted by molar-refractivity contribution is 7.18. The minimum Gasteiger partial charge on any atom is -0.349 e. The molecule has 1 atom stereocenters. The van der Waals surface area contributed by atoms with E-state index in [0.717, 1.165) is 15.2 Å². The largest absolute Gasteiger partial charge is 0.349 e. The summed E-state index contributed by atoms with van der Waals surface area (Å²) in [5, 5.41) is 3.83. The fourth-order valence-corrected chi connectivity index (χ4v) is 2.62. The maximum absolute atomic E-state index is 11.7. The number of carbonyl (C=O) groups is 1. The summed E-state index contributed by atoms with van der Waals surface area (Å²) in [7, 11) is 0. The lowest BCUT2D eigenvalue weighted by molar-refractivity contribution is -0.124. The summed E-state index contributed by atoms with van der Waals surface area (Å²) in [4.78, 5) is 16.2. The van der Waals surface area contributed by atoms with Gasteiger partial charge in [0.2, 0.25) is 5.91 Å². The number of carbonyl (C=O) groups excluding carboxylic acids is 1. The average molecular weight is 263 g/mol. The van der Waals surface area contributed by atoms with Crippen LogP contribution in [-0.4, -0.2) is 17.4 Å². The van der Waals surface area contributed by atoms with Gasteiger partial charge in [0.15, 0.2) is 0 Å². The number of nitrogens with one attached hydrogen (secondary N) is 1. The predicted molar refractivity (Wildman–Crippen MR) is 74.3 cm³/mol. The lowest BCUT2D eigenvalue weighted by Crippen LogP contribution is -2.29. The van der Waals surface area contributed by atoms with Crippen LogP contribution in [0.1, 0.15) is 18.4 Å². The molecule has 3 N–H and O–H groups in total. The normalized spacial score (nSPS) is 12.6. The molecule has 2 aromatic rings. The van der Waals surface area contributed by atoms with Gasteiger partial charge in [-0.25, -0.2) is 4.98 Å². The molecule has 1 unspecified atom stereocenters. The summed E-state index contributed by atoms with van der Waals surface area (Å²) >= 11 is 1.61. The Kier molecular flexibility index (Phi) is 4.28. The lowest BCUT2D eigenvalue weighted by atomic mass is 10.1. The third-order valence-corrected chi connectivity index (χ3v) is 3.84. The fourth-order valence-electron chi connectivity index (χ4n) is 1.71. The maximum Gasteiger partial charge on any atom is 0.223 e. The predicted octanol–water partition coefficient (Wildman–Crippen LogP) is 1.90. The molecule has 1 aromatic heterocycles. The Bertz CT molecular complexity index is 505. The van der Waals surface area contributed by atoms with Crippen molar-refractivity contribution < 1.29 is 4.79 Å². The van der Waals surface area contributed by atoms with Crippen LogP contribution in [0.4, 0.5) is 0 Å². The van der Waals surface area contributed by atoms with Crippen molar-refractivity contribution in [2.24, 2.45) is 11.7 Å². The molecule has 18 heavy (non-hydrogen) atoms. The molecule has 2 rings (SSSR count). The van der Waals surface area contributed by atoms with Crippen LogP contribution in [0.15, 0.2) is 24.3 Å². The molecule has 0 saturated carbocycles. The Morgan fingerprint density at radius 3 is 3.00 bits per heavy atom. The fraction of sp³-hybridized carbons (Fsp3) is 0.385. The number of benzene rings is 1. The van der Waals surface area contributed by atoms with Gasteiger partial charge in [-0.1, -0.05) is 19.1 Å². The smallest absolute Gasteiger partial charge is 0.223 e. The first-order chi connectivity index (χ1) is 8.70. The Morgan fingerprint density at radius 2 is 2.28 bits per heavy atom. The minimum absolute atomic E-state index is 0.0376. The van der Waals surface area contributed by atoms with Crippen molar-refractivity contribution in [3.05, 3.63) is 29.3 Å². The number of aromatic nitrogens is 1. The van der Waals surface area contributed by atoms with Crippen molar-refractivity contribution in [1.82, 2.24) is 10.3 Å². The van der Waals surface area contributed by atoms with Crippen molar-refractivity contribution >= 4 is 27.5 Å². The number of para-hydroxylation sites is 1. The zero-order chi connectivity index (χ0) is 13.0.